The smallest absolute Gasteiger partial charge is 0.253 e. The summed E-state index contributed by atoms with van der Waals surface area (Å²) < 4.78 is 0. The number of rotatable bonds is 5. The maximum absolute atomic E-state index is 12.6. The molecule has 26 heavy (non-hydrogen) atoms. The number of ketones is 1. The third-order valence-electron chi connectivity index (χ3n) is 4.79. The molecule has 2 fully saturated rings. The molecule has 0 saturated carbocycles. The Kier molecular flexibility index (Phi) is 7.19. The Bertz CT molecular complexity index is 677. The second kappa shape index (κ2) is 8.78. The van der Waals surface area contributed by atoms with Crippen LogP contribution in [0.15, 0.2) is 22.9 Å². The van der Waals surface area contributed by atoms with Crippen LogP contribution in [0.2, 0.25) is 0 Å². The summed E-state index contributed by atoms with van der Waals surface area (Å²) in [6.07, 6.45) is 4.27. The topological polar surface area (TPSA) is 69.7 Å². The molecule has 0 spiro atoms. The summed E-state index contributed by atoms with van der Waals surface area (Å²) >= 11 is 1.62. The van der Waals surface area contributed by atoms with Gasteiger partial charge in [-0.3, -0.25) is 19.3 Å². The molecular formula is C18H25N3O3SV. The van der Waals surface area contributed by atoms with Crippen LogP contribution in [0.25, 0.3) is 0 Å². The summed E-state index contributed by atoms with van der Waals surface area (Å²) in [5.41, 5.74) is 2.75. The minimum atomic E-state index is -0.509. The first-order valence-electron chi connectivity index (χ1n) is 8.78. The number of fused-ring (bicyclic) bond motifs is 1. The van der Waals surface area contributed by atoms with Crippen molar-refractivity contribution in [3.05, 3.63) is 22.9 Å². The number of amides is 2. The van der Waals surface area contributed by atoms with Gasteiger partial charge in [0.05, 0.1) is 5.70 Å². The van der Waals surface area contributed by atoms with Crippen molar-refractivity contribution in [2.24, 2.45) is 0 Å². The number of hydrogen-bond acceptors (Lipinski definition) is 5. The molecule has 0 aromatic heterocycles. The number of likely N-dealkylation sites (tertiary alicyclic amines) is 1. The first-order chi connectivity index (χ1) is 11.9. The van der Waals surface area contributed by atoms with Gasteiger partial charge < -0.3 is 10.2 Å². The van der Waals surface area contributed by atoms with E-state index in [9.17, 15) is 14.4 Å². The zero-order valence-electron chi connectivity index (χ0n) is 15.4. The zero-order valence-corrected chi connectivity index (χ0v) is 17.7. The molecule has 3 rings (SSSR count). The van der Waals surface area contributed by atoms with Gasteiger partial charge in [0.2, 0.25) is 5.91 Å². The summed E-state index contributed by atoms with van der Waals surface area (Å²) in [5, 5.41) is 2.65. The van der Waals surface area contributed by atoms with Gasteiger partial charge in [-0.1, -0.05) is 18.6 Å². The predicted molar refractivity (Wildman–Crippen MR) is 97.8 cm³/mol. The molecule has 0 aliphatic carbocycles. The predicted octanol–water partition coefficient (Wildman–Crippen LogP) is 1.29. The van der Waals surface area contributed by atoms with E-state index in [1.54, 1.807) is 16.7 Å². The number of nitrogens with zero attached hydrogens (tertiary/aromatic N) is 2. The standard InChI is InChI=1S/C18H25N3O3S.V/c1-4-5-14(23)19-15-17(24)21-16(11(2)22)13(10-25-18(15)21)8-12-6-7-20(3)9-12;/h8,15,18H,4-7,9-10H2,1-3H3,(H,19,23);. The van der Waals surface area contributed by atoms with E-state index in [4.69, 9.17) is 0 Å². The first-order valence-corrected chi connectivity index (χ1v) is 9.83. The van der Waals surface area contributed by atoms with Crippen LogP contribution in [0.4, 0.5) is 0 Å². The Morgan fingerprint density at radius 3 is 2.69 bits per heavy atom. The van der Waals surface area contributed by atoms with Crippen LogP contribution in [0.5, 0.6) is 0 Å². The Hall–Kier alpha value is -1.02. The van der Waals surface area contributed by atoms with Gasteiger partial charge in [0.15, 0.2) is 5.78 Å². The van der Waals surface area contributed by atoms with E-state index in [1.165, 1.54) is 12.5 Å². The van der Waals surface area contributed by atoms with Crippen molar-refractivity contribution in [3.8, 4) is 0 Å². The molecule has 2 amide bonds. The van der Waals surface area contributed by atoms with Crippen LogP contribution in [0.3, 0.4) is 0 Å². The molecule has 0 bridgehead atoms. The molecule has 141 valence electrons. The maximum Gasteiger partial charge on any atom is 0.253 e. The Morgan fingerprint density at radius 2 is 2.12 bits per heavy atom. The molecule has 0 aromatic rings. The molecule has 1 N–H and O–H groups in total. The molecule has 2 atom stereocenters. The van der Waals surface area contributed by atoms with Gasteiger partial charge in [-0.05, 0) is 25.5 Å². The second-order valence-electron chi connectivity index (χ2n) is 6.93. The monoisotopic (exact) mass is 414 g/mol. The molecule has 3 aliphatic heterocycles. The van der Waals surface area contributed by atoms with Crippen LogP contribution in [0.1, 0.15) is 33.1 Å². The van der Waals surface area contributed by atoms with Crippen molar-refractivity contribution < 1.29 is 32.9 Å². The molecule has 2 unspecified atom stereocenters. The molecule has 3 aliphatic rings. The maximum atomic E-state index is 12.6. The minimum absolute atomic E-state index is 0. The fraction of sp³-hybridized carbons (Fsp3) is 0.611. The van der Waals surface area contributed by atoms with Crippen LogP contribution < -0.4 is 5.32 Å². The number of allylic oxidation sites excluding steroid dienone is 2. The van der Waals surface area contributed by atoms with Gasteiger partial charge in [0.25, 0.3) is 5.91 Å². The van der Waals surface area contributed by atoms with Crippen molar-refractivity contribution in [2.45, 2.75) is 44.5 Å². The van der Waals surface area contributed by atoms with Crippen molar-refractivity contribution in [3.63, 3.8) is 0 Å². The number of hydrogen-bond donors (Lipinski definition) is 1. The average molecular weight is 414 g/mol. The van der Waals surface area contributed by atoms with Crippen LogP contribution >= 0.6 is 11.8 Å². The first kappa shape index (κ1) is 21.3. The van der Waals surface area contributed by atoms with Gasteiger partial charge >= 0.3 is 0 Å². The van der Waals surface area contributed by atoms with Crippen LogP contribution in [-0.2, 0) is 32.9 Å². The van der Waals surface area contributed by atoms with Gasteiger partial charge in [0.1, 0.15) is 11.4 Å². The van der Waals surface area contributed by atoms with Gasteiger partial charge in [-0.2, -0.15) is 0 Å². The van der Waals surface area contributed by atoms with Crippen molar-refractivity contribution in [1.29, 1.82) is 0 Å². The molecular weight excluding hydrogens is 389 g/mol. The fourth-order valence-corrected chi connectivity index (χ4v) is 4.89. The van der Waals surface area contributed by atoms with Gasteiger partial charge in [0, 0.05) is 50.7 Å². The molecule has 1 radical (unpaired) electrons. The van der Waals surface area contributed by atoms with E-state index in [0.29, 0.717) is 17.9 Å². The SMILES string of the molecule is CCCC(=O)NC1C(=O)N2C(C(C)=O)=C(C=C3CCN(C)C3)CSC12.[V]. The van der Waals surface area contributed by atoms with Crippen LogP contribution in [0, 0.1) is 0 Å². The van der Waals surface area contributed by atoms with Crippen molar-refractivity contribution in [2.75, 3.05) is 25.9 Å². The molecule has 8 heteroatoms. The quantitative estimate of drug-likeness (QED) is 0.687. The number of thioether (sulfide) groups is 1. The summed E-state index contributed by atoms with van der Waals surface area (Å²) in [6, 6.07) is -0.509. The molecule has 3 heterocycles. The van der Waals surface area contributed by atoms with Crippen LogP contribution in [-0.4, -0.2) is 64.7 Å². The summed E-state index contributed by atoms with van der Waals surface area (Å²) in [5.74, 6) is 0.328. The van der Waals surface area contributed by atoms with Gasteiger partial charge in [-0.25, -0.2) is 0 Å². The fourth-order valence-electron chi connectivity index (χ4n) is 3.59. The van der Waals surface area contributed by atoms with E-state index in [-0.39, 0.29) is 41.5 Å². The molecule has 2 saturated heterocycles. The number of carbonyl (C=O) groups is 3. The van der Waals surface area contributed by atoms with E-state index in [0.717, 1.165) is 31.5 Å². The number of nitrogens with one attached hydrogen (secondary N) is 1. The minimum Gasteiger partial charge on any atom is -0.342 e. The largest absolute Gasteiger partial charge is 0.342 e. The summed E-state index contributed by atoms with van der Waals surface area (Å²) in [6.45, 7) is 5.38. The molecule has 0 aromatic carbocycles. The van der Waals surface area contributed by atoms with Crippen molar-refractivity contribution >= 4 is 29.4 Å². The normalized spacial score (nSPS) is 27.1. The third kappa shape index (κ3) is 4.11. The summed E-state index contributed by atoms with van der Waals surface area (Å²) in [7, 11) is 2.08. The number of carbonyl (C=O) groups excluding carboxylic acids is 3. The van der Waals surface area contributed by atoms with Crippen molar-refractivity contribution in [1.82, 2.24) is 15.1 Å². The second-order valence-corrected chi connectivity index (χ2v) is 8.03. The number of likely N-dealkylation sites (N-methyl/N-ethyl adjacent to an activating group) is 1. The zero-order chi connectivity index (χ0) is 18.1. The van der Waals surface area contributed by atoms with Gasteiger partial charge in [-0.15, -0.1) is 11.8 Å². The van der Waals surface area contributed by atoms with E-state index >= 15 is 0 Å². The number of Topliss-reactive ketones (excluding diaryl/α,β-unsaturated/α-hetero) is 1. The molecule has 6 nitrogen and oxygen atoms in total. The Balaban J connectivity index is 0.00000243. The third-order valence-corrected chi connectivity index (χ3v) is 6.09. The number of β-lactam (4-membered cyclic amide) rings is 1. The van der Waals surface area contributed by atoms with E-state index in [2.05, 4.69) is 23.3 Å². The average Bonchev–Trinajstić information content (AvgIpc) is 2.97. The Labute approximate surface area is 170 Å². The summed E-state index contributed by atoms with van der Waals surface area (Å²) in [4.78, 5) is 40.4. The van der Waals surface area contributed by atoms with E-state index in [1.807, 2.05) is 6.92 Å². The van der Waals surface area contributed by atoms with E-state index < -0.39 is 6.04 Å². The Morgan fingerprint density at radius 1 is 1.38 bits per heavy atom.